The van der Waals surface area contributed by atoms with Gasteiger partial charge in [-0.05, 0) is 144 Å². The second kappa shape index (κ2) is 21.1. The predicted molar refractivity (Wildman–Crippen MR) is 260 cm³/mol. The molecule has 1 aliphatic carbocycles. The minimum atomic E-state index is -0.0244. The predicted octanol–water partition coefficient (Wildman–Crippen LogP) is 7.41. The molecule has 0 saturated carbocycles. The molecular weight excluding hydrogens is 857 g/mol. The number of carbonyl (C=O) groups is 4. The summed E-state index contributed by atoms with van der Waals surface area (Å²) in [6, 6.07) is 14.6. The summed E-state index contributed by atoms with van der Waals surface area (Å²) in [5.41, 5.74) is 6.65. The van der Waals surface area contributed by atoms with Crippen molar-refractivity contribution in [2.45, 2.75) is 128 Å². The van der Waals surface area contributed by atoms with E-state index in [1.165, 1.54) is 0 Å². The van der Waals surface area contributed by atoms with Crippen LogP contribution in [0, 0.1) is 0 Å². The first kappa shape index (κ1) is 47.0. The van der Waals surface area contributed by atoms with Gasteiger partial charge in [-0.1, -0.05) is 48.5 Å². The van der Waals surface area contributed by atoms with Gasteiger partial charge in [-0.15, -0.1) is 0 Å². The molecule has 4 N–H and O–H groups in total. The molecule has 4 fully saturated rings. The maximum atomic E-state index is 13.8. The number of rotatable bonds is 8. The lowest BCUT2D eigenvalue weighted by Crippen LogP contribution is -2.36. The number of likely N-dealkylation sites (tertiary alicyclic amines) is 4. The van der Waals surface area contributed by atoms with E-state index in [2.05, 4.69) is 0 Å². The minimum Gasteiger partial charge on any atom is -0.507 e. The van der Waals surface area contributed by atoms with Gasteiger partial charge in [0.05, 0.1) is 25.7 Å². The fraction of sp³-hybridized carbons (Fsp3) is 0.500. The zero-order valence-electron chi connectivity index (χ0n) is 39.6. The molecule has 360 valence electrons. The van der Waals surface area contributed by atoms with Crippen LogP contribution in [0.1, 0.15) is 144 Å². The van der Waals surface area contributed by atoms with Crippen molar-refractivity contribution in [1.82, 2.24) is 19.6 Å². The van der Waals surface area contributed by atoms with E-state index in [9.17, 15) is 39.6 Å². The molecule has 4 saturated heterocycles. The van der Waals surface area contributed by atoms with E-state index in [1.54, 1.807) is 0 Å². The Balaban J connectivity index is 1.18. The third kappa shape index (κ3) is 11.0. The zero-order valence-corrected chi connectivity index (χ0v) is 39.6. The van der Waals surface area contributed by atoms with Gasteiger partial charge < -0.3 is 40.0 Å². The number of hydrogen-bond donors (Lipinski definition) is 4. The Morgan fingerprint density at radius 3 is 0.618 bits per heavy atom. The molecule has 12 nitrogen and oxygen atoms in total. The molecule has 8 bridgehead atoms. The Kier molecular flexibility index (Phi) is 14.6. The van der Waals surface area contributed by atoms with Crippen LogP contribution in [-0.2, 0) is 70.5 Å². The van der Waals surface area contributed by atoms with Gasteiger partial charge in [-0.3, -0.25) is 19.2 Å². The number of piperidine rings is 4. The molecule has 0 atom stereocenters. The summed E-state index contributed by atoms with van der Waals surface area (Å²) in [6.07, 6.45) is 12.7. The second-order valence-electron chi connectivity index (χ2n) is 20.2. The van der Waals surface area contributed by atoms with Crippen LogP contribution in [0.2, 0.25) is 0 Å². The Hall–Kier alpha value is -6.04. The number of phenols is 4. The molecule has 5 aliphatic rings. The highest BCUT2D eigenvalue weighted by Gasteiger charge is 2.27. The molecule has 4 aliphatic heterocycles. The van der Waals surface area contributed by atoms with E-state index in [0.29, 0.717) is 119 Å². The number of carbonyl (C=O) groups excluding carboxylic acids is 4. The van der Waals surface area contributed by atoms with Crippen LogP contribution in [0.4, 0.5) is 0 Å². The summed E-state index contributed by atoms with van der Waals surface area (Å²) >= 11 is 0. The fourth-order valence-electron chi connectivity index (χ4n) is 11.4. The first-order chi connectivity index (χ1) is 32.9. The molecule has 4 heterocycles. The normalized spacial score (nSPS) is 17.8. The highest BCUT2D eigenvalue weighted by atomic mass is 16.3. The van der Waals surface area contributed by atoms with Crippen molar-refractivity contribution in [3.8, 4) is 23.0 Å². The molecule has 9 rings (SSSR count). The largest absolute Gasteiger partial charge is 0.507 e. The first-order valence-corrected chi connectivity index (χ1v) is 25.4. The summed E-state index contributed by atoms with van der Waals surface area (Å²) in [6.45, 7) is 5.58. The summed E-state index contributed by atoms with van der Waals surface area (Å²) in [5, 5.41) is 49.1. The number of benzene rings is 4. The van der Waals surface area contributed by atoms with E-state index in [1.807, 2.05) is 68.1 Å². The van der Waals surface area contributed by atoms with Gasteiger partial charge in [0.2, 0.25) is 23.6 Å². The van der Waals surface area contributed by atoms with Gasteiger partial charge in [-0.25, -0.2) is 0 Å². The van der Waals surface area contributed by atoms with E-state index in [0.717, 1.165) is 77.0 Å². The SMILES string of the molecule is O=C(Cc1cc2c(O)c(c1)Cc1cc(CC(=O)N3CCCCC3)cc(c1O)Cc1cc(CC(=O)N3CCCCC3)cc(c1O)Cc1cc(CC(=O)N3CCCCC3)cc(c1O)C2)N1CCCCC1. The van der Waals surface area contributed by atoms with Crippen molar-refractivity contribution in [2.75, 3.05) is 52.4 Å². The number of aromatic hydroxyl groups is 4. The van der Waals surface area contributed by atoms with Crippen LogP contribution >= 0.6 is 0 Å². The van der Waals surface area contributed by atoms with Crippen LogP contribution in [0.25, 0.3) is 0 Å². The maximum absolute atomic E-state index is 13.8. The lowest BCUT2D eigenvalue weighted by molar-refractivity contribution is -0.132. The van der Waals surface area contributed by atoms with Gasteiger partial charge in [0.25, 0.3) is 0 Å². The summed E-state index contributed by atoms with van der Waals surface area (Å²) in [4.78, 5) is 62.8. The van der Waals surface area contributed by atoms with Gasteiger partial charge in [-0.2, -0.15) is 0 Å². The van der Waals surface area contributed by atoms with E-state index >= 15 is 0 Å². The molecule has 4 amide bonds. The van der Waals surface area contributed by atoms with Gasteiger partial charge in [0.1, 0.15) is 23.0 Å². The van der Waals surface area contributed by atoms with Crippen LogP contribution in [0.15, 0.2) is 48.5 Å². The molecule has 12 heteroatoms. The lowest BCUT2D eigenvalue weighted by atomic mass is 9.87. The highest BCUT2D eigenvalue weighted by molar-refractivity contribution is 5.81. The third-order valence-corrected chi connectivity index (χ3v) is 15.1. The molecule has 68 heavy (non-hydrogen) atoms. The molecule has 0 spiro atoms. The van der Waals surface area contributed by atoms with Crippen LogP contribution in [0.5, 0.6) is 23.0 Å². The van der Waals surface area contributed by atoms with E-state index in [-0.39, 0.29) is 98.0 Å². The number of hydrogen-bond acceptors (Lipinski definition) is 8. The van der Waals surface area contributed by atoms with Crippen molar-refractivity contribution in [3.05, 3.63) is 115 Å². The fourth-order valence-corrected chi connectivity index (χ4v) is 11.4. The Morgan fingerprint density at radius 2 is 0.456 bits per heavy atom. The van der Waals surface area contributed by atoms with Crippen molar-refractivity contribution >= 4 is 23.6 Å². The second-order valence-corrected chi connectivity index (χ2v) is 20.2. The van der Waals surface area contributed by atoms with Crippen molar-refractivity contribution in [3.63, 3.8) is 0 Å². The lowest BCUT2D eigenvalue weighted by Gasteiger charge is -2.27. The minimum absolute atomic E-state index is 0.000840. The number of amides is 4. The van der Waals surface area contributed by atoms with E-state index < -0.39 is 0 Å². The molecule has 0 unspecified atom stereocenters. The zero-order chi connectivity index (χ0) is 47.3. The Bertz CT molecular complexity index is 2100. The number of nitrogens with zero attached hydrogens (tertiary/aromatic N) is 4. The smallest absolute Gasteiger partial charge is 0.226 e. The summed E-state index contributed by atoms with van der Waals surface area (Å²) in [7, 11) is 0. The van der Waals surface area contributed by atoms with Crippen molar-refractivity contribution in [2.24, 2.45) is 0 Å². The molecule has 0 aromatic heterocycles. The average molecular weight is 925 g/mol. The Morgan fingerprint density at radius 1 is 0.294 bits per heavy atom. The highest BCUT2D eigenvalue weighted by Crippen LogP contribution is 2.40. The number of fused-ring (bicyclic) bond motifs is 8. The number of phenolic OH excluding ortho intramolecular Hbond substituents is 4. The first-order valence-electron chi connectivity index (χ1n) is 25.4. The van der Waals surface area contributed by atoms with Gasteiger partial charge in [0.15, 0.2) is 0 Å². The van der Waals surface area contributed by atoms with Crippen LogP contribution < -0.4 is 0 Å². The van der Waals surface area contributed by atoms with Crippen LogP contribution in [0.3, 0.4) is 0 Å². The van der Waals surface area contributed by atoms with Crippen molar-refractivity contribution < 1.29 is 39.6 Å². The quantitative estimate of drug-likeness (QED) is 0.125. The monoisotopic (exact) mass is 925 g/mol. The summed E-state index contributed by atoms with van der Waals surface area (Å²) < 4.78 is 0. The van der Waals surface area contributed by atoms with Crippen LogP contribution in [-0.4, -0.2) is 116 Å². The van der Waals surface area contributed by atoms with Gasteiger partial charge in [0, 0.05) is 78.0 Å². The molecular formula is C56H68N4O8. The molecule has 4 aromatic carbocycles. The van der Waals surface area contributed by atoms with E-state index in [4.69, 9.17) is 0 Å². The molecule has 0 radical (unpaired) electrons. The maximum Gasteiger partial charge on any atom is 0.226 e. The topological polar surface area (TPSA) is 162 Å². The van der Waals surface area contributed by atoms with Crippen molar-refractivity contribution in [1.29, 1.82) is 0 Å². The standard InChI is InChI=1S/C56H68N4O8/c61-49(57-13-5-1-6-14-57)29-37-21-41-33-43-23-38(30-50(62)58-15-7-2-8-16-58)25-45(54(43)66)35-47-27-40(32-52(64)60-19-11-4-12-20-60)28-48(56(47)68)36-46-26-39(31-51(63)59-17-9-3-10-18-59)24-44(55(46)67)34-42(22-37)53(41)65/h21-28,65-68H,1-20,29-36H2. The summed E-state index contributed by atoms with van der Waals surface area (Å²) in [5.74, 6) is -0.101. The van der Waals surface area contributed by atoms with Gasteiger partial charge >= 0.3 is 0 Å². The Labute approximate surface area is 400 Å². The third-order valence-electron chi connectivity index (χ3n) is 15.1. The molecule has 4 aromatic rings. The average Bonchev–Trinajstić information content (AvgIpc) is 3.35.